The van der Waals surface area contributed by atoms with E-state index in [1.165, 1.54) is 9.80 Å². The number of alkyl halides is 6. The van der Waals surface area contributed by atoms with E-state index in [0.29, 0.717) is 99.7 Å². The lowest BCUT2D eigenvalue weighted by Crippen LogP contribution is -2.47. The number of ether oxygens (including phenoxy) is 4. The number of ketones is 4. The highest BCUT2D eigenvalue weighted by molar-refractivity contribution is 7.91. The second kappa shape index (κ2) is 35.5. The number of benzene rings is 2. The third kappa shape index (κ3) is 20.6. The highest BCUT2D eigenvalue weighted by Crippen LogP contribution is 2.59. The number of hydrogen-bond donors (Lipinski definition) is 2. The van der Waals surface area contributed by atoms with Crippen molar-refractivity contribution >= 4 is 88.4 Å². The minimum atomic E-state index is -4.64. The van der Waals surface area contributed by atoms with Crippen LogP contribution in [0, 0.1) is 69.0 Å². The number of pyridine rings is 2. The van der Waals surface area contributed by atoms with Crippen LogP contribution in [-0.2, 0) is 58.4 Å². The fourth-order valence-corrected chi connectivity index (χ4v) is 20.0. The van der Waals surface area contributed by atoms with E-state index in [9.17, 15) is 81.5 Å². The molecule has 2 aromatic heterocycles. The van der Waals surface area contributed by atoms with E-state index in [1.807, 2.05) is 114 Å². The lowest BCUT2D eigenvalue weighted by molar-refractivity contribution is -0.213. The van der Waals surface area contributed by atoms with Gasteiger partial charge in [0.2, 0.25) is 55.4 Å². The number of fused-ring (bicyclic) bond motifs is 6. The molecule has 0 spiro atoms. The van der Waals surface area contributed by atoms with Gasteiger partial charge in [-0.3, -0.25) is 47.8 Å². The maximum Gasteiger partial charge on any atom is 0.394 e. The Labute approximate surface area is 676 Å². The van der Waals surface area contributed by atoms with Crippen molar-refractivity contribution in [2.24, 2.45) is 69.0 Å². The van der Waals surface area contributed by atoms with E-state index in [-0.39, 0.29) is 75.2 Å². The molecular weight excluding hydrogens is 1550 g/mol. The maximum absolute atomic E-state index is 14.9. The summed E-state index contributed by atoms with van der Waals surface area (Å²) in [5.41, 5.74) is -7.30. The van der Waals surface area contributed by atoms with Gasteiger partial charge in [-0.2, -0.15) is 26.3 Å². The van der Waals surface area contributed by atoms with E-state index < -0.39 is 197 Å². The summed E-state index contributed by atoms with van der Waals surface area (Å²) in [4.78, 5) is 126. The summed E-state index contributed by atoms with van der Waals surface area (Å²) in [5.74, 6) is -6.83. The first-order valence-corrected chi connectivity index (χ1v) is 44.2. The zero-order valence-corrected chi connectivity index (χ0v) is 69.6. The molecule has 4 aliphatic carbocycles. The summed E-state index contributed by atoms with van der Waals surface area (Å²) in [6, 6.07) is 12.5. The number of allylic oxidation sites excluding steroid dienone is 4. The molecule has 2 N–H and O–H groups in total. The number of Topliss-reactive ketones (excluding diaryl/α,β-unsaturated/α-hetero) is 4. The van der Waals surface area contributed by atoms with Crippen molar-refractivity contribution < 1.29 is 100 Å². The highest BCUT2D eigenvalue weighted by Gasteiger charge is 2.64. The Balaban J connectivity index is 0.000000228. The van der Waals surface area contributed by atoms with Crippen molar-refractivity contribution in [3.8, 4) is 23.3 Å². The number of carbonyl (C=O) groups is 8. The highest BCUT2D eigenvalue weighted by atomic mass is 32.2. The molecule has 2 saturated heterocycles. The van der Waals surface area contributed by atoms with Crippen molar-refractivity contribution in [3.05, 3.63) is 85.2 Å². The summed E-state index contributed by atoms with van der Waals surface area (Å²) in [7, 11) is -7.84. The fourth-order valence-electron chi connectivity index (χ4n) is 17.2. The van der Waals surface area contributed by atoms with Crippen LogP contribution in [0.15, 0.2) is 85.2 Å². The first kappa shape index (κ1) is 88.8. The molecule has 116 heavy (non-hydrogen) atoms. The summed E-state index contributed by atoms with van der Waals surface area (Å²) in [6.45, 7) is 16.3. The number of hydrogen-bond acceptors (Lipinski definition) is 18. The molecule has 4 aliphatic heterocycles. The molecule has 6 heterocycles. The molecule has 4 aromatic rings. The van der Waals surface area contributed by atoms with Gasteiger partial charge >= 0.3 is 12.4 Å². The largest absolute Gasteiger partial charge is 0.491 e. The Kier molecular flexibility index (Phi) is 27.2. The number of sulfonamides is 2. The molecule has 4 saturated carbocycles. The molecule has 12 rings (SSSR count). The van der Waals surface area contributed by atoms with Crippen LogP contribution in [0.5, 0.6) is 23.3 Å². The smallest absolute Gasteiger partial charge is 0.394 e. The van der Waals surface area contributed by atoms with Crippen LogP contribution in [0.25, 0.3) is 21.5 Å². The maximum atomic E-state index is 14.9. The van der Waals surface area contributed by atoms with Crippen molar-refractivity contribution in [1.82, 2.24) is 29.2 Å². The number of rotatable bonds is 24. The molecule has 30 heteroatoms. The first-order valence-electron chi connectivity index (χ1n) is 41.1. The predicted molar refractivity (Wildman–Crippen MR) is 422 cm³/mol. The number of nitrogens with one attached hydrogen (secondary N) is 2. The number of carbonyl (C=O) groups excluding carboxylic acids is 8. The van der Waals surface area contributed by atoms with Gasteiger partial charge in [0.05, 0.1) is 82.9 Å². The van der Waals surface area contributed by atoms with Gasteiger partial charge < -0.3 is 28.7 Å². The van der Waals surface area contributed by atoms with Crippen molar-refractivity contribution in [2.45, 2.75) is 258 Å². The predicted octanol–water partition coefficient (Wildman–Crippen LogP) is 15.0. The van der Waals surface area contributed by atoms with Gasteiger partial charge in [-0.05, 0) is 138 Å². The van der Waals surface area contributed by atoms with Crippen LogP contribution in [0.1, 0.15) is 210 Å². The van der Waals surface area contributed by atoms with Gasteiger partial charge in [0.1, 0.15) is 35.3 Å². The van der Waals surface area contributed by atoms with Gasteiger partial charge in [-0.25, -0.2) is 26.8 Å². The Bertz CT molecular complexity index is 4350. The minimum Gasteiger partial charge on any atom is -0.491 e. The lowest BCUT2D eigenvalue weighted by Gasteiger charge is -2.33. The Hall–Kier alpha value is -8.02. The normalized spacial score (nSPS) is 29.1. The summed E-state index contributed by atoms with van der Waals surface area (Å²) in [5, 5.41) is 1.51. The van der Waals surface area contributed by atoms with Crippen molar-refractivity contribution in [1.29, 1.82) is 0 Å². The Morgan fingerprint density at radius 1 is 0.526 bits per heavy atom. The Morgan fingerprint density at radius 3 is 1.22 bits per heavy atom. The zero-order valence-electron chi connectivity index (χ0n) is 68.0. The average molecular weight is 1660 g/mol. The molecule has 2 aromatic carbocycles. The molecule has 0 unspecified atom stereocenters. The number of aromatic nitrogens is 2. The molecule has 636 valence electrons. The summed E-state index contributed by atoms with van der Waals surface area (Å²) in [6.07, 6.45) is 4.33. The minimum absolute atomic E-state index is 0.0137. The van der Waals surface area contributed by atoms with E-state index in [1.54, 1.807) is 12.4 Å². The topological polar surface area (TPSA) is 298 Å². The number of nitrogens with zero attached hydrogens (tertiary/aromatic N) is 4. The van der Waals surface area contributed by atoms with Crippen LogP contribution < -0.4 is 28.4 Å². The second-order valence-electron chi connectivity index (χ2n) is 35.6. The van der Waals surface area contributed by atoms with Gasteiger partial charge in [0, 0.05) is 84.7 Å². The summed E-state index contributed by atoms with van der Waals surface area (Å²) >= 11 is 0. The molecule has 0 bridgehead atoms. The van der Waals surface area contributed by atoms with Crippen LogP contribution >= 0.6 is 0 Å². The second-order valence-corrected chi connectivity index (χ2v) is 39.6. The first-order chi connectivity index (χ1) is 54.5. The zero-order chi connectivity index (χ0) is 84.4. The SMILES string of the molecule is CCCOc1cnc(O[C@@H]2C[C@H]3C(=O)C[C@]4(C(=O)NS(=O)(=O)C5CC5)C[C@H]4/C=C\CC[C@@H](C)C[C@@H](C)[C@H](CC(=O)CC(C)(C)C(F)(F)F)C(=O)N3C2)c2ccccc12.CCCOc1cnc(O[C@@H]2C[C@H]3C(=O)C[C@]4(C(=O)NS(=O)(=O)C5CC5)C[C@H]4/C=C\CC[C@H](C)C[C@@H](C)[C@H](CC(=O)CC(C)(C)C(F)(F)F)C(=O)N3C2)c2ccccc12. The average Bonchev–Trinajstić information content (AvgIpc) is 1.57. The van der Waals surface area contributed by atoms with Crippen LogP contribution in [0.3, 0.4) is 0 Å². The lowest BCUT2D eigenvalue weighted by atomic mass is 9.78. The number of amides is 4. The van der Waals surface area contributed by atoms with Gasteiger partial charge in [0.15, 0.2) is 11.6 Å². The van der Waals surface area contributed by atoms with E-state index >= 15 is 0 Å². The van der Waals surface area contributed by atoms with Crippen molar-refractivity contribution in [2.75, 3.05) is 26.3 Å². The number of halogens is 6. The molecular formula is C86H112F6N6O16S2. The molecule has 4 amide bonds. The molecule has 22 nitrogen and oxygen atoms in total. The standard InChI is InChI=1S/2C43H56F3N3O8S/c2*1-6-17-56-37-24-47-38(33-14-10-9-13-32(33)37)57-30-20-35-36(51)23-42(40(53)48-58(54,55)31-15-16-31)21-28(42)12-8-7-11-26(2)18-27(3)34(39(52)49(35)25-30)19-29(50)22-41(4,5)43(44,45)46/h2*8-10,12-14,24,26-28,30-31,34-35H,6-7,11,15-23,25H2,1-5H3,(H,48,53)/b2*12-8-/t26-,27+,28+,30+,34-,35-,42+;26-,27-,28-,30-,34+,35+,42-/m01/s1. The summed E-state index contributed by atoms with van der Waals surface area (Å²) < 4.78 is 164. The van der Waals surface area contributed by atoms with Gasteiger partial charge in [-0.1, -0.05) is 130 Å². The fraction of sp³-hybridized carbons (Fsp3) is 0.651. The third-order valence-corrected chi connectivity index (χ3v) is 28.6. The molecule has 6 fully saturated rings. The van der Waals surface area contributed by atoms with Crippen LogP contribution in [0.4, 0.5) is 26.3 Å². The van der Waals surface area contributed by atoms with Gasteiger partial charge in [0.25, 0.3) is 0 Å². The third-order valence-electron chi connectivity index (χ3n) is 25.0. The van der Waals surface area contributed by atoms with Crippen LogP contribution in [-0.4, -0.2) is 157 Å². The quantitative estimate of drug-likeness (QED) is 0.0486. The van der Waals surface area contributed by atoms with E-state index in [2.05, 4.69) is 19.4 Å². The molecule has 8 aliphatic rings. The van der Waals surface area contributed by atoms with E-state index in [0.717, 1.165) is 51.3 Å². The van der Waals surface area contributed by atoms with Crippen LogP contribution in [0.2, 0.25) is 0 Å². The monoisotopic (exact) mass is 1660 g/mol. The molecule has 14 atom stereocenters. The molecule has 0 radical (unpaired) electrons. The van der Waals surface area contributed by atoms with E-state index in [4.69, 9.17) is 18.9 Å². The van der Waals surface area contributed by atoms with Gasteiger partial charge in [-0.15, -0.1) is 0 Å². The van der Waals surface area contributed by atoms with Crippen molar-refractivity contribution in [3.63, 3.8) is 0 Å². The Morgan fingerprint density at radius 2 is 0.879 bits per heavy atom.